The zero-order valence-electron chi connectivity index (χ0n) is 19.0. The second kappa shape index (κ2) is 8.41. The predicted octanol–water partition coefficient (Wildman–Crippen LogP) is 5.62. The van der Waals surface area contributed by atoms with E-state index in [0.29, 0.717) is 0 Å². The van der Waals surface area contributed by atoms with Crippen LogP contribution in [0.25, 0.3) is 11.3 Å². The molecule has 1 saturated heterocycles. The minimum atomic E-state index is -0.185. The number of hydrogen-bond donors (Lipinski definition) is 0. The number of benzene rings is 1. The number of carbonyl (C=O) groups excluding carboxylic acids is 1. The van der Waals surface area contributed by atoms with Gasteiger partial charge in [0.2, 0.25) is 5.91 Å². The molecule has 32 heavy (non-hydrogen) atoms. The third kappa shape index (κ3) is 3.61. The van der Waals surface area contributed by atoms with E-state index in [1.54, 1.807) is 18.4 Å². The lowest BCUT2D eigenvalue weighted by atomic mass is 9.91. The van der Waals surface area contributed by atoms with Crippen molar-refractivity contribution in [2.24, 2.45) is 5.92 Å². The standard InChI is InChI=1S/C25H29BrN2O2S2/c1-25(2,3)28-9-11-31-14-17-21(20-6-5-10-32-20)22-16-13-18(26)19(30-4)12-15(16)7-8-27(22)23(17)24(28)29/h5-6,10,12-13,17,23H,7-9,11,14H2,1-4H3. The lowest BCUT2D eigenvalue weighted by Gasteiger charge is -2.43. The van der Waals surface area contributed by atoms with E-state index in [0.717, 1.165) is 41.2 Å². The van der Waals surface area contributed by atoms with Crippen LogP contribution in [0.4, 0.5) is 0 Å². The maximum absolute atomic E-state index is 14.1. The molecule has 4 heterocycles. The van der Waals surface area contributed by atoms with Gasteiger partial charge >= 0.3 is 0 Å². The lowest BCUT2D eigenvalue weighted by Crippen LogP contribution is -2.57. The summed E-state index contributed by atoms with van der Waals surface area (Å²) in [7, 11) is 1.71. The van der Waals surface area contributed by atoms with Gasteiger partial charge in [-0.25, -0.2) is 0 Å². The Morgan fingerprint density at radius 3 is 2.72 bits per heavy atom. The second-order valence-electron chi connectivity index (χ2n) is 9.61. The summed E-state index contributed by atoms with van der Waals surface area (Å²) in [6.45, 7) is 8.14. The van der Waals surface area contributed by atoms with Gasteiger partial charge in [-0.15, -0.1) is 11.3 Å². The molecule has 2 atom stereocenters. The minimum Gasteiger partial charge on any atom is -0.496 e. The van der Waals surface area contributed by atoms with Gasteiger partial charge in [0.25, 0.3) is 0 Å². The maximum atomic E-state index is 14.1. The largest absolute Gasteiger partial charge is 0.496 e. The normalized spacial score (nSPS) is 23.5. The van der Waals surface area contributed by atoms with E-state index < -0.39 is 0 Å². The van der Waals surface area contributed by atoms with Crippen molar-refractivity contribution in [2.45, 2.75) is 38.8 Å². The van der Waals surface area contributed by atoms with Crippen molar-refractivity contribution in [3.8, 4) is 5.75 Å². The second-order valence-corrected chi connectivity index (χ2v) is 12.6. The van der Waals surface area contributed by atoms with Gasteiger partial charge in [-0.05, 0) is 77.8 Å². The fraction of sp³-hybridized carbons (Fsp3) is 0.480. The topological polar surface area (TPSA) is 32.8 Å². The number of carbonyl (C=O) groups is 1. The quantitative estimate of drug-likeness (QED) is 0.502. The molecule has 0 radical (unpaired) electrons. The Bertz CT molecular complexity index is 1070. The van der Waals surface area contributed by atoms with Crippen LogP contribution >= 0.6 is 39.0 Å². The van der Waals surface area contributed by atoms with Crippen molar-refractivity contribution in [3.63, 3.8) is 0 Å². The van der Waals surface area contributed by atoms with E-state index in [9.17, 15) is 4.79 Å². The number of thiophene rings is 1. The first-order chi connectivity index (χ1) is 15.3. The van der Waals surface area contributed by atoms with Gasteiger partial charge in [-0.1, -0.05) is 6.07 Å². The highest BCUT2D eigenvalue weighted by molar-refractivity contribution is 9.10. The van der Waals surface area contributed by atoms with Crippen molar-refractivity contribution in [1.29, 1.82) is 0 Å². The summed E-state index contributed by atoms with van der Waals surface area (Å²) >= 11 is 7.48. The van der Waals surface area contributed by atoms with Crippen LogP contribution in [0.15, 0.2) is 34.1 Å². The van der Waals surface area contributed by atoms with Crippen LogP contribution in [0.1, 0.15) is 36.8 Å². The molecule has 7 heteroatoms. The Morgan fingerprint density at radius 2 is 2.03 bits per heavy atom. The van der Waals surface area contributed by atoms with Gasteiger partial charge in [0.15, 0.2) is 0 Å². The number of methoxy groups -OCH3 is 1. The van der Waals surface area contributed by atoms with E-state index in [-0.39, 0.29) is 23.4 Å². The lowest BCUT2D eigenvalue weighted by molar-refractivity contribution is -0.141. The molecule has 2 aromatic rings. The number of nitrogens with zero attached hydrogens (tertiary/aromatic N) is 2. The average Bonchev–Trinajstić information content (AvgIpc) is 3.36. The van der Waals surface area contributed by atoms with Gasteiger partial charge in [0.05, 0.1) is 17.3 Å². The predicted molar refractivity (Wildman–Crippen MR) is 138 cm³/mol. The first kappa shape index (κ1) is 22.4. The molecular weight excluding hydrogens is 504 g/mol. The third-order valence-corrected chi connectivity index (χ3v) is 9.35. The molecule has 0 N–H and O–H groups in total. The highest BCUT2D eigenvalue weighted by atomic mass is 79.9. The monoisotopic (exact) mass is 532 g/mol. The zero-order chi connectivity index (χ0) is 22.6. The minimum absolute atomic E-state index is 0.136. The maximum Gasteiger partial charge on any atom is 0.246 e. The molecule has 0 spiro atoms. The van der Waals surface area contributed by atoms with Crippen molar-refractivity contribution < 1.29 is 9.53 Å². The fourth-order valence-corrected chi connectivity index (χ4v) is 7.75. The number of hydrogen-bond acceptors (Lipinski definition) is 5. The Kier molecular flexibility index (Phi) is 5.87. The van der Waals surface area contributed by atoms with Crippen molar-refractivity contribution in [2.75, 3.05) is 31.7 Å². The molecule has 2 unspecified atom stereocenters. The number of thioether (sulfide) groups is 1. The van der Waals surface area contributed by atoms with Crippen LogP contribution in [0.3, 0.4) is 0 Å². The first-order valence-electron chi connectivity index (χ1n) is 11.1. The smallest absolute Gasteiger partial charge is 0.246 e. The summed E-state index contributed by atoms with van der Waals surface area (Å²) in [5, 5.41) is 2.15. The summed E-state index contributed by atoms with van der Waals surface area (Å²) in [5.41, 5.74) is 4.94. The average molecular weight is 534 g/mol. The Balaban J connectivity index is 1.70. The highest BCUT2D eigenvalue weighted by Crippen LogP contribution is 2.51. The Morgan fingerprint density at radius 1 is 1.22 bits per heavy atom. The molecule has 1 fully saturated rings. The van der Waals surface area contributed by atoms with Crippen LogP contribution in [0.5, 0.6) is 5.75 Å². The molecule has 1 aromatic carbocycles. The Labute approximate surface area is 207 Å². The van der Waals surface area contributed by atoms with Crippen LogP contribution in [0, 0.1) is 5.92 Å². The van der Waals surface area contributed by atoms with Crippen LogP contribution < -0.4 is 4.74 Å². The molecule has 0 aliphatic carbocycles. The zero-order valence-corrected chi connectivity index (χ0v) is 22.2. The van der Waals surface area contributed by atoms with Crippen LogP contribution in [-0.2, 0) is 11.2 Å². The fourth-order valence-electron chi connectivity index (χ4n) is 5.33. The molecule has 3 aliphatic rings. The van der Waals surface area contributed by atoms with Crippen molar-refractivity contribution in [1.82, 2.24) is 9.80 Å². The number of fused-ring (bicyclic) bond motifs is 5. The summed E-state index contributed by atoms with van der Waals surface area (Å²) in [5.74, 6) is 3.30. The number of amides is 1. The highest BCUT2D eigenvalue weighted by Gasteiger charge is 2.50. The SMILES string of the molecule is COc1cc2c(cc1Br)C1=C(c3cccs3)C3CSCCN(C(C)(C)C)C(=O)C3N1CC2. The van der Waals surface area contributed by atoms with E-state index in [2.05, 4.69) is 76.1 Å². The molecule has 1 aromatic heterocycles. The number of halogens is 1. The van der Waals surface area contributed by atoms with Crippen LogP contribution in [-0.4, -0.2) is 59.0 Å². The molecule has 170 valence electrons. The summed E-state index contributed by atoms with van der Waals surface area (Å²) in [6.07, 6.45) is 0.916. The van der Waals surface area contributed by atoms with Crippen molar-refractivity contribution in [3.05, 3.63) is 50.1 Å². The molecule has 5 rings (SSSR count). The Hall–Kier alpha value is -1.44. The summed E-state index contributed by atoms with van der Waals surface area (Å²) in [4.78, 5) is 19.9. The molecule has 4 nitrogen and oxygen atoms in total. The molecule has 3 aliphatic heterocycles. The van der Waals surface area contributed by atoms with Gasteiger partial charge in [0.1, 0.15) is 11.8 Å². The van der Waals surface area contributed by atoms with E-state index in [4.69, 9.17) is 4.74 Å². The van der Waals surface area contributed by atoms with E-state index in [1.165, 1.54) is 27.3 Å². The molecule has 1 amide bonds. The number of ether oxygens (including phenoxy) is 1. The van der Waals surface area contributed by atoms with E-state index >= 15 is 0 Å². The van der Waals surface area contributed by atoms with Gasteiger partial charge in [-0.2, -0.15) is 11.8 Å². The molecule has 0 bridgehead atoms. The van der Waals surface area contributed by atoms with Gasteiger partial charge in [0, 0.05) is 46.5 Å². The molecule has 0 saturated carbocycles. The third-order valence-electron chi connectivity index (χ3n) is 6.76. The van der Waals surface area contributed by atoms with Crippen LogP contribution in [0.2, 0.25) is 0 Å². The van der Waals surface area contributed by atoms with E-state index in [1.807, 2.05) is 11.8 Å². The summed E-state index contributed by atoms with van der Waals surface area (Å²) < 4.78 is 6.54. The summed E-state index contributed by atoms with van der Waals surface area (Å²) in [6, 6.07) is 8.56. The molecular formula is C25H29BrN2O2S2. The van der Waals surface area contributed by atoms with Crippen molar-refractivity contribution >= 4 is 56.2 Å². The number of rotatable bonds is 2. The van der Waals surface area contributed by atoms with Gasteiger partial charge in [-0.3, -0.25) is 4.79 Å². The first-order valence-corrected chi connectivity index (χ1v) is 13.9. The van der Waals surface area contributed by atoms with Gasteiger partial charge < -0.3 is 14.5 Å².